The number of thiazole rings is 1. The zero-order chi connectivity index (χ0) is 16.6. The zero-order valence-corrected chi connectivity index (χ0v) is 14.2. The Morgan fingerprint density at radius 1 is 1.17 bits per heavy atom. The van der Waals surface area contributed by atoms with Crippen LogP contribution in [0.5, 0.6) is 0 Å². The van der Waals surface area contributed by atoms with Gasteiger partial charge in [-0.05, 0) is 24.5 Å². The first-order valence-electron chi connectivity index (χ1n) is 8.06. The van der Waals surface area contributed by atoms with Crippen LogP contribution in [0.4, 0.5) is 0 Å². The van der Waals surface area contributed by atoms with Crippen LogP contribution >= 0.6 is 11.3 Å². The van der Waals surface area contributed by atoms with Gasteiger partial charge in [0.2, 0.25) is 11.0 Å². The molecule has 1 aromatic carbocycles. The Bertz CT molecular complexity index is 752. The van der Waals surface area contributed by atoms with Crippen LogP contribution in [0.1, 0.15) is 24.1 Å². The van der Waals surface area contributed by atoms with Crippen molar-refractivity contribution in [2.24, 2.45) is 0 Å². The van der Waals surface area contributed by atoms with Crippen LogP contribution < -0.4 is 5.32 Å². The van der Waals surface area contributed by atoms with Crippen molar-refractivity contribution in [1.29, 1.82) is 0 Å². The van der Waals surface area contributed by atoms with E-state index in [-0.39, 0.29) is 5.91 Å². The summed E-state index contributed by atoms with van der Waals surface area (Å²) in [7, 11) is 0. The highest BCUT2D eigenvalue weighted by atomic mass is 32.1. The molecule has 0 atom stereocenters. The topological polar surface area (TPSA) is 59.8 Å². The van der Waals surface area contributed by atoms with Crippen molar-refractivity contribution in [1.82, 2.24) is 20.1 Å². The van der Waals surface area contributed by atoms with Crippen LogP contribution in [0.2, 0.25) is 0 Å². The van der Waals surface area contributed by atoms with Crippen molar-refractivity contribution in [3.8, 4) is 5.13 Å². The number of benzene rings is 1. The van der Waals surface area contributed by atoms with Crippen molar-refractivity contribution >= 4 is 17.2 Å². The van der Waals surface area contributed by atoms with Crippen molar-refractivity contribution in [3.63, 3.8) is 0 Å². The number of amides is 1. The molecule has 3 aromatic rings. The molecule has 0 bridgehead atoms. The highest BCUT2D eigenvalue weighted by Crippen LogP contribution is 2.13. The minimum absolute atomic E-state index is 0.105. The highest BCUT2D eigenvalue weighted by molar-refractivity contribution is 7.12. The maximum absolute atomic E-state index is 11.9. The van der Waals surface area contributed by atoms with Crippen LogP contribution in [-0.4, -0.2) is 27.2 Å². The lowest BCUT2D eigenvalue weighted by Gasteiger charge is -2.04. The third-order valence-electron chi connectivity index (χ3n) is 3.66. The molecule has 6 heteroatoms. The third kappa shape index (κ3) is 4.76. The Hall–Kier alpha value is -2.47. The van der Waals surface area contributed by atoms with Gasteiger partial charge in [-0.25, -0.2) is 9.67 Å². The zero-order valence-electron chi connectivity index (χ0n) is 13.4. The van der Waals surface area contributed by atoms with Crippen molar-refractivity contribution in [2.75, 3.05) is 6.54 Å². The predicted octanol–water partition coefficient (Wildman–Crippen LogP) is 3.01. The summed E-state index contributed by atoms with van der Waals surface area (Å²) < 4.78 is 1.75. The van der Waals surface area contributed by atoms with Gasteiger partial charge in [0.25, 0.3) is 0 Å². The molecule has 0 aliphatic carbocycles. The molecule has 2 aromatic heterocycles. The van der Waals surface area contributed by atoms with Gasteiger partial charge < -0.3 is 5.32 Å². The molecular weight excluding hydrogens is 320 g/mol. The van der Waals surface area contributed by atoms with Crippen LogP contribution in [0.25, 0.3) is 5.13 Å². The Morgan fingerprint density at radius 2 is 2.04 bits per heavy atom. The summed E-state index contributed by atoms with van der Waals surface area (Å²) in [4.78, 5) is 16.4. The van der Waals surface area contributed by atoms with Gasteiger partial charge in [-0.3, -0.25) is 4.79 Å². The highest BCUT2D eigenvalue weighted by Gasteiger charge is 2.05. The number of carbonyl (C=O) groups is 1. The van der Waals surface area contributed by atoms with E-state index in [9.17, 15) is 4.79 Å². The monoisotopic (exact) mass is 340 g/mol. The first-order valence-corrected chi connectivity index (χ1v) is 8.94. The number of hydrogen-bond acceptors (Lipinski definition) is 4. The second-order valence-electron chi connectivity index (χ2n) is 5.51. The number of carbonyl (C=O) groups excluding carboxylic acids is 1. The predicted molar refractivity (Wildman–Crippen MR) is 95.3 cm³/mol. The number of aromatic nitrogens is 3. The van der Waals surface area contributed by atoms with Gasteiger partial charge in [-0.1, -0.05) is 30.3 Å². The van der Waals surface area contributed by atoms with Crippen LogP contribution in [0.3, 0.4) is 0 Å². The SMILES string of the molecule is O=C(CCCc1ccccc1)NCCc1csc(-n2cccn2)n1. The fourth-order valence-electron chi connectivity index (χ4n) is 2.41. The van der Waals surface area contributed by atoms with Gasteiger partial charge in [-0.15, -0.1) is 11.3 Å². The summed E-state index contributed by atoms with van der Waals surface area (Å²) in [6.07, 6.45) is 6.71. The summed E-state index contributed by atoms with van der Waals surface area (Å²) in [5.74, 6) is 0.105. The summed E-state index contributed by atoms with van der Waals surface area (Å²) in [6.45, 7) is 0.618. The van der Waals surface area contributed by atoms with E-state index in [1.54, 1.807) is 22.2 Å². The molecule has 0 unspecified atom stereocenters. The maximum atomic E-state index is 11.9. The number of nitrogens with one attached hydrogen (secondary N) is 1. The molecule has 3 rings (SSSR count). The first kappa shape index (κ1) is 16.4. The molecule has 0 fully saturated rings. The van der Waals surface area contributed by atoms with Gasteiger partial charge >= 0.3 is 0 Å². The molecule has 0 saturated heterocycles. The second kappa shape index (κ2) is 8.40. The molecule has 5 nitrogen and oxygen atoms in total. The van der Waals surface area contributed by atoms with Gasteiger partial charge in [0.1, 0.15) is 0 Å². The summed E-state index contributed by atoms with van der Waals surface area (Å²) in [5.41, 5.74) is 2.26. The molecule has 0 aliphatic rings. The van der Waals surface area contributed by atoms with E-state index in [1.807, 2.05) is 35.8 Å². The minimum atomic E-state index is 0.105. The molecule has 24 heavy (non-hydrogen) atoms. The summed E-state index contributed by atoms with van der Waals surface area (Å²) in [5, 5.41) is 9.99. The van der Waals surface area contributed by atoms with Crippen molar-refractivity contribution in [2.45, 2.75) is 25.7 Å². The Kier molecular flexibility index (Phi) is 5.74. The van der Waals surface area contributed by atoms with Crippen LogP contribution in [0, 0.1) is 0 Å². The van der Waals surface area contributed by atoms with Gasteiger partial charge in [-0.2, -0.15) is 5.10 Å². The van der Waals surface area contributed by atoms with E-state index < -0.39 is 0 Å². The Labute approximate surface area is 145 Å². The van der Waals surface area contributed by atoms with Crippen LogP contribution in [-0.2, 0) is 17.6 Å². The molecule has 124 valence electrons. The number of rotatable bonds is 8. The number of hydrogen-bond donors (Lipinski definition) is 1. The quantitative estimate of drug-likeness (QED) is 0.686. The maximum Gasteiger partial charge on any atom is 0.220 e. The Morgan fingerprint density at radius 3 is 2.83 bits per heavy atom. The molecule has 0 radical (unpaired) electrons. The lowest BCUT2D eigenvalue weighted by molar-refractivity contribution is -0.121. The smallest absolute Gasteiger partial charge is 0.220 e. The minimum Gasteiger partial charge on any atom is -0.356 e. The fraction of sp³-hybridized carbons (Fsp3) is 0.278. The lowest BCUT2D eigenvalue weighted by Crippen LogP contribution is -2.25. The van der Waals surface area contributed by atoms with Crippen molar-refractivity contribution in [3.05, 3.63) is 65.4 Å². The van der Waals surface area contributed by atoms with E-state index in [1.165, 1.54) is 5.56 Å². The van der Waals surface area contributed by atoms with E-state index in [2.05, 4.69) is 27.5 Å². The van der Waals surface area contributed by atoms with Gasteiger partial charge in [0, 0.05) is 37.2 Å². The van der Waals surface area contributed by atoms with E-state index in [0.717, 1.165) is 30.1 Å². The first-order chi connectivity index (χ1) is 11.8. The largest absolute Gasteiger partial charge is 0.356 e. The number of nitrogens with zero attached hydrogens (tertiary/aromatic N) is 3. The second-order valence-corrected chi connectivity index (χ2v) is 6.35. The normalized spacial score (nSPS) is 10.7. The third-order valence-corrected chi connectivity index (χ3v) is 4.53. The van der Waals surface area contributed by atoms with Gasteiger partial charge in [0.15, 0.2) is 0 Å². The standard InChI is InChI=1S/C18H20N4OS/c23-17(9-4-8-15-6-2-1-3-7-15)19-12-10-16-14-24-18(21-16)22-13-5-11-20-22/h1-3,5-7,11,13-14H,4,8-10,12H2,(H,19,23). The fourth-order valence-corrected chi connectivity index (χ4v) is 3.21. The Balaban J connectivity index is 1.35. The van der Waals surface area contributed by atoms with Crippen LogP contribution in [0.15, 0.2) is 54.2 Å². The lowest BCUT2D eigenvalue weighted by atomic mass is 10.1. The summed E-state index contributed by atoms with van der Waals surface area (Å²) in [6, 6.07) is 12.1. The van der Waals surface area contributed by atoms with Gasteiger partial charge in [0.05, 0.1) is 5.69 Å². The van der Waals surface area contributed by atoms with E-state index in [0.29, 0.717) is 13.0 Å². The van der Waals surface area contributed by atoms with Crippen molar-refractivity contribution < 1.29 is 4.79 Å². The average Bonchev–Trinajstić information content (AvgIpc) is 3.27. The molecule has 2 heterocycles. The molecule has 0 saturated carbocycles. The molecule has 0 spiro atoms. The average molecular weight is 340 g/mol. The summed E-state index contributed by atoms with van der Waals surface area (Å²) >= 11 is 1.55. The molecule has 1 amide bonds. The molecular formula is C18H20N4OS. The molecule has 0 aliphatic heterocycles. The number of aryl methyl sites for hydroxylation is 1. The van der Waals surface area contributed by atoms with E-state index in [4.69, 9.17) is 0 Å². The van der Waals surface area contributed by atoms with E-state index >= 15 is 0 Å². The molecule has 1 N–H and O–H groups in total.